The highest BCUT2D eigenvalue weighted by molar-refractivity contribution is 5.82. The van der Waals surface area contributed by atoms with E-state index in [1.807, 2.05) is 0 Å². The van der Waals surface area contributed by atoms with Gasteiger partial charge in [-0.2, -0.15) is 0 Å². The number of amides is 1. The predicted octanol–water partition coefficient (Wildman–Crippen LogP) is 2.48. The Balaban J connectivity index is 1.78. The molecule has 1 atom stereocenters. The van der Waals surface area contributed by atoms with E-state index in [9.17, 15) is 4.79 Å². The van der Waals surface area contributed by atoms with Crippen LogP contribution in [0, 0.1) is 0 Å². The highest BCUT2D eigenvalue weighted by atomic mass is 16.2. The van der Waals surface area contributed by atoms with Gasteiger partial charge in [-0.25, -0.2) is 0 Å². The van der Waals surface area contributed by atoms with Crippen LogP contribution in [0.5, 0.6) is 0 Å². The molecule has 3 heteroatoms. The zero-order valence-electron chi connectivity index (χ0n) is 11.6. The number of nitrogens with zero attached hydrogens (tertiary/aromatic N) is 1. The van der Waals surface area contributed by atoms with Crippen LogP contribution >= 0.6 is 0 Å². The minimum Gasteiger partial charge on any atom is -0.341 e. The molecule has 0 aromatic heterocycles. The Hall–Kier alpha value is -0.830. The first kappa shape index (κ1) is 13.6. The summed E-state index contributed by atoms with van der Waals surface area (Å²) in [7, 11) is 0. The van der Waals surface area contributed by atoms with Gasteiger partial charge in [-0.05, 0) is 51.5 Å². The Morgan fingerprint density at radius 1 is 1.44 bits per heavy atom. The number of carbonyl (C=O) groups excluding carboxylic acids is 1. The Kier molecular flexibility index (Phi) is 5.24. The van der Waals surface area contributed by atoms with Gasteiger partial charge in [0.1, 0.15) is 0 Å². The zero-order valence-corrected chi connectivity index (χ0v) is 11.6. The van der Waals surface area contributed by atoms with E-state index in [0.29, 0.717) is 5.91 Å². The molecule has 0 aromatic carbocycles. The van der Waals surface area contributed by atoms with Gasteiger partial charge in [0.25, 0.3) is 0 Å². The lowest BCUT2D eigenvalue weighted by Crippen LogP contribution is -2.51. The smallest absolute Gasteiger partial charge is 0.239 e. The highest BCUT2D eigenvalue weighted by Crippen LogP contribution is 2.22. The average molecular weight is 250 g/mol. The second-order valence-corrected chi connectivity index (χ2v) is 5.48. The van der Waals surface area contributed by atoms with Crippen LogP contribution in [-0.4, -0.2) is 36.5 Å². The third kappa shape index (κ3) is 3.58. The topological polar surface area (TPSA) is 32.3 Å². The fourth-order valence-electron chi connectivity index (χ4n) is 2.91. The summed E-state index contributed by atoms with van der Waals surface area (Å²) in [6.07, 6.45) is 10.5. The standard InChI is InChI=1S/C15H26N2O/c1-2-10-16-14-8-5-11-17(15(14)18)12-9-13-6-3-4-7-13/h6,14,16H,2-5,7-12H2,1H3. The normalized spacial score (nSPS) is 24.5. The molecule has 2 rings (SSSR count). The van der Waals surface area contributed by atoms with Gasteiger partial charge < -0.3 is 10.2 Å². The van der Waals surface area contributed by atoms with E-state index in [0.717, 1.165) is 45.3 Å². The zero-order chi connectivity index (χ0) is 12.8. The number of hydrogen-bond acceptors (Lipinski definition) is 2. The van der Waals surface area contributed by atoms with E-state index in [4.69, 9.17) is 0 Å². The first-order valence-electron chi connectivity index (χ1n) is 7.51. The van der Waals surface area contributed by atoms with Crippen LogP contribution in [0.3, 0.4) is 0 Å². The number of rotatable bonds is 6. The van der Waals surface area contributed by atoms with Gasteiger partial charge in [0.2, 0.25) is 5.91 Å². The number of piperidine rings is 1. The molecule has 2 aliphatic rings. The molecule has 0 spiro atoms. The lowest BCUT2D eigenvalue weighted by molar-refractivity contribution is -0.135. The van der Waals surface area contributed by atoms with Crippen molar-refractivity contribution in [2.45, 2.75) is 57.9 Å². The molecule has 0 aromatic rings. The summed E-state index contributed by atoms with van der Waals surface area (Å²) >= 11 is 0. The van der Waals surface area contributed by atoms with E-state index in [2.05, 4.69) is 23.2 Å². The van der Waals surface area contributed by atoms with E-state index in [1.165, 1.54) is 19.3 Å². The second kappa shape index (κ2) is 6.93. The van der Waals surface area contributed by atoms with Crippen LogP contribution in [-0.2, 0) is 4.79 Å². The maximum absolute atomic E-state index is 12.3. The van der Waals surface area contributed by atoms with Gasteiger partial charge in [0, 0.05) is 13.1 Å². The quantitative estimate of drug-likeness (QED) is 0.735. The van der Waals surface area contributed by atoms with Crippen molar-refractivity contribution in [2.75, 3.05) is 19.6 Å². The molecule has 1 aliphatic carbocycles. The van der Waals surface area contributed by atoms with Gasteiger partial charge in [-0.1, -0.05) is 18.6 Å². The summed E-state index contributed by atoms with van der Waals surface area (Å²) < 4.78 is 0. The van der Waals surface area contributed by atoms with Crippen molar-refractivity contribution < 1.29 is 4.79 Å². The monoisotopic (exact) mass is 250 g/mol. The number of hydrogen-bond donors (Lipinski definition) is 1. The molecule has 102 valence electrons. The molecule has 1 saturated heterocycles. The predicted molar refractivity (Wildman–Crippen MR) is 74.4 cm³/mol. The van der Waals surface area contributed by atoms with E-state index >= 15 is 0 Å². The minimum atomic E-state index is 0.0799. The van der Waals surface area contributed by atoms with Gasteiger partial charge >= 0.3 is 0 Å². The average Bonchev–Trinajstić information content (AvgIpc) is 2.89. The largest absolute Gasteiger partial charge is 0.341 e. The molecule has 0 bridgehead atoms. The molecular formula is C15H26N2O. The fourth-order valence-corrected chi connectivity index (χ4v) is 2.91. The summed E-state index contributed by atoms with van der Waals surface area (Å²) in [5, 5.41) is 3.37. The first-order valence-corrected chi connectivity index (χ1v) is 7.51. The summed E-state index contributed by atoms with van der Waals surface area (Å²) in [6.45, 7) is 4.98. The van der Waals surface area contributed by atoms with Crippen molar-refractivity contribution in [2.24, 2.45) is 0 Å². The van der Waals surface area contributed by atoms with Crippen LogP contribution in [0.15, 0.2) is 11.6 Å². The van der Waals surface area contributed by atoms with Crippen LogP contribution in [0.4, 0.5) is 0 Å². The van der Waals surface area contributed by atoms with E-state index < -0.39 is 0 Å². The molecule has 1 N–H and O–H groups in total. The van der Waals surface area contributed by atoms with Crippen LogP contribution in [0.2, 0.25) is 0 Å². The van der Waals surface area contributed by atoms with Crippen LogP contribution < -0.4 is 5.32 Å². The Bertz CT molecular complexity index is 312. The first-order chi connectivity index (χ1) is 8.81. The van der Waals surface area contributed by atoms with Crippen molar-refractivity contribution in [1.82, 2.24) is 10.2 Å². The molecule has 1 aliphatic heterocycles. The van der Waals surface area contributed by atoms with Crippen LogP contribution in [0.25, 0.3) is 0 Å². The summed E-state index contributed by atoms with van der Waals surface area (Å²) in [4.78, 5) is 14.3. The Morgan fingerprint density at radius 3 is 3.06 bits per heavy atom. The maximum atomic E-state index is 12.3. The lowest BCUT2D eigenvalue weighted by atomic mass is 10.0. The summed E-state index contributed by atoms with van der Waals surface area (Å²) in [5.41, 5.74) is 1.56. The second-order valence-electron chi connectivity index (χ2n) is 5.48. The van der Waals surface area contributed by atoms with Crippen molar-refractivity contribution in [3.8, 4) is 0 Å². The molecule has 1 heterocycles. The SMILES string of the molecule is CCCNC1CCCN(CCC2=CCCC2)C1=O. The number of likely N-dealkylation sites (tertiary alicyclic amines) is 1. The molecular weight excluding hydrogens is 224 g/mol. The molecule has 1 unspecified atom stereocenters. The molecule has 0 saturated carbocycles. The summed E-state index contributed by atoms with van der Waals surface area (Å²) in [5.74, 6) is 0.327. The minimum absolute atomic E-state index is 0.0799. The number of allylic oxidation sites excluding steroid dienone is 1. The van der Waals surface area contributed by atoms with Gasteiger partial charge in [-0.3, -0.25) is 4.79 Å². The molecule has 18 heavy (non-hydrogen) atoms. The van der Waals surface area contributed by atoms with Gasteiger partial charge in [0.15, 0.2) is 0 Å². The Labute approximate surface area is 111 Å². The summed E-state index contributed by atoms with van der Waals surface area (Å²) in [6, 6.07) is 0.0799. The van der Waals surface area contributed by atoms with Crippen molar-refractivity contribution in [3.05, 3.63) is 11.6 Å². The molecule has 0 radical (unpaired) electrons. The van der Waals surface area contributed by atoms with Crippen molar-refractivity contribution >= 4 is 5.91 Å². The van der Waals surface area contributed by atoms with Crippen molar-refractivity contribution in [3.63, 3.8) is 0 Å². The number of nitrogens with one attached hydrogen (secondary N) is 1. The molecule has 1 amide bonds. The van der Waals surface area contributed by atoms with Crippen LogP contribution in [0.1, 0.15) is 51.9 Å². The third-order valence-corrected chi connectivity index (χ3v) is 4.01. The Morgan fingerprint density at radius 2 is 2.33 bits per heavy atom. The highest BCUT2D eigenvalue weighted by Gasteiger charge is 2.27. The maximum Gasteiger partial charge on any atom is 0.239 e. The number of carbonyl (C=O) groups is 1. The fraction of sp³-hybridized carbons (Fsp3) is 0.800. The molecule has 3 nitrogen and oxygen atoms in total. The third-order valence-electron chi connectivity index (χ3n) is 4.01. The molecule has 1 fully saturated rings. The van der Waals surface area contributed by atoms with E-state index in [1.54, 1.807) is 5.57 Å². The van der Waals surface area contributed by atoms with Crippen molar-refractivity contribution in [1.29, 1.82) is 0 Å². The van der Waals surface area contributed by atoms with Gasteiger partial charge in [-0.15, -0.1) is 0 Å². The van der Waals surface area contributed by atoms with E-state index in [-0.39, 0.29) is 6.04 Å². The van der Waals surface area contributed by atoms with Gasteiger partial charge in [0.05, 0.1) is 6.04 Å². The lowest BCUT2D eigenvalue weighted by Gasteiger charge is -2.33.